The summed E-state index contributed by atoms with van der Waals surface area (Å²) in [5.41, 5.74) is 0. The van der Waals surface area contributed by atoms with Crippen LogP contribution in [0.1, 0.15) is 272 Å². The lowest BCUT2D eigenvalue weighted by molar-refractivity contribution is -0.161. The van der Waals surface area contributed by atoms with Gasteiger partial charge in [0.15, 0.2) is 12.2 Å². The van der Waals surface area contributed by atoms with Gasteiger partial charge in [-0.25, -0.2) is 9.13 Å². The highest BCUT2D eigenvalue weighted by Crippen LogP contribution is 2.45. The van der Waals surface area contributed by atoms with Crippen molar-refractivity contribution >= 4 is 39.5 Å². The first-order valence-electron chi connectivity index (χ1n) is 39.7. The molecule has 0 saturated carbocycles. The van der Waals surface area contributed by atoms with Crippen molar-refractivity contribution in [2.75, 3.05) is 39.6 Å². The molecule has 19 heteroatoms. The second-order valence-corrected chi connectivity index (χ2v) is 28.4. The van der Waals surface area contributed by atoms with Gasteiger partial charge < -0.3 is 33.8 Å². The molecule has 0 aliphatic heterocycles. The van der Waals surface area contributed by atoms with Crippen LogP contribution in [0.2, 0.25) is 0 Å². The molecule has 0 spiro atoms. The first kappa shape index (κ1) is 99.9. The molecule has 0 aromatic carbocycles. The maximum absolute atomic E-state index is 13.1. The Bertz CT molecular complexity index is 2780. The summed E-state index contributed by atoms with van der Waals surface area (Å²) in [5, 5.41) is 10.6. The van der Waals surface area contributed by atoms with E-state index in [9.17, 15) is 43.2 Å². The minimum atomic E-state index is -5.01. The number of phosphoric ester groups is 2. The first-order valence-corrected chi connectivity index (χ1v) is 42.7. The number of ether oxygens (including phenoxy) is 4. The quantitative estimate of drug-likeness (QED) is 0.0169. The number of esters is 4. The summed E-state index contributed by atoms with van der Waals surface area (Å²) in [6, 6.07) is 0. The summed E-state index contributed by atoms with van der Waals surface area (Å²) in [7, 11) is -10.0. The largest absolute Gasteiger partial charge is 0.472 e. The van der Waals surface area contributed by atoms with Crippen molar-refractivity contribution in [1.29, 1.82) is 0 Å². The number of allylic oxidation sites excluding steroid dienone is 31. The maximum atomic E-state index is 13.1. The minimum absolute atomic E-state index is 0.0485. The SMILES string of the molecule is CC/C=C\C/C=C\C/C=C\C/C=C\C/C=C\CCCCCC(=O)OCC(COP(=O)(O)OCC(O)COP(=O)(O)OCC(COC(=O)C/C=C\C/C=C\C/C=C\C/C=C\C/C=C\CC)OC(=O)CCCCCCC/C=C\C/C=C\CCCCC)OC(=O)CCCCCC/C=C\C/C=C\C/C=C\C/C=C\CC. The Morgan fingerprint density at radius 2 is 0.528 bits per heavy atom. The Morgan fingerprint density at radius 1 is 0.283 bits per heavy atom. The molecule has 17 nitrogen and oxygen atoms in total. The molecule has 106 heavy (non-hydrogen) atoms. The van der Waals surface area contributed by atoms with Gasteiger partial charge in [0.1, 0.15) is 19.3 Å². The number of unbranched alkanes of at least 4 members (excludes halogenated alkanes) is 15. The molecule has 0 bridgehead atoms. The molecule has 0 aromatic heterocycles. The summed E-state index contributed by atoms with van der Waals surface area (Å²) in [6.07, 6.45) is 94.4. The molecule has 5 atom stereocenters. The van der Waals surface area contributed by atoms with Crippen molar-refractivity contribution in [2.24, 2.45) is 0 Å². The Labute approximate surface area is 640 Å². The number of phosphoric acid groups is 2. The third-order valence-electron chi connectivity index (χ3n) is 15.6. The molecule has 0 fully saturated rings. The van der Waals surface area contributed by atoms with E-state index in [-0.39, 0.29) is 25.7 Å². The van der Waals surface area contributed by atoms with E-state index in [0.29, 0.717) is 25.7 Å². The lowest BCUT2D eigenvalue weighted by Gasteiger charge is -2.21. The van der Waals surface area contributed by atoms with E-state index in [0.717, 1.165) is 173 Å². The van der Waals surface area contributed by atoms with Gasteiger partial charge in [0.25, 0.3) is 0 Å². The van der Waals surface area contributed by atoms with Crippen LogP contribution in [0, 0.1) is 0 Å². The number of hydrogen-bond donors (Lipinski definition) is 3. The number of hydrogen-bond acceptors (Lipinski definition) is 15. The zero-order valence-corrected chi connectivity index (χ0v) is 67.1. The summed E-state index contributed by atoms with van der Waals surface area (Å²) < 4.78 is 68.4. The fraction of sp³-hybridized carbons (Fsp3) is 0.586. The van der Waals surface area contributed by atoms with Crippen LogP contribution < -0.4 is 0 Å². The van der Waals surface area contributed by atoms with Crippen molar-refractivity contribution in [2.45, 2.75) is 290 Å². The molecule has 0 heterocycles. The third-order valence-corrected chi connectivity index (χ3v) is 17.5. The molecular weight excluding hydrogens is 1380 g/mol. The minimum Gasteiger partial charge on any atom is -0.462 e. The van der Waals surface area contributed by atoms with Crippen LogP contribution in [0.3, 0.4) is 0 Å². The standard InChI is InChI=1S/C87H138O17P2/c1-5-9-13-17-21-25-29-33-37-39-40-42-45-48-52-56-60-64-68-72-85(90)98-78-83(104-87(92)74-70-66-62-58-54-50-46-41-38-34-30-26-22-18-14-10-6-2)80-102-106(95,96)100-76-81(88)75-99-105(93,94)101-79-82(103-86(91)73-69-65-61-57-53-49-44-36-32-28-24-20-16-12-8-4)77-97-84(89)71-67-63-59-55-51-47-43-35-31-27-23-19-15-11-7-3/h9-11,13-15,21-28,33-38,40,42-44,46,48,50-52,55,63,67,81-83,88H,5-8,12,16-20,29-32,39,41,45,47,49,53-54,56-62,64-66,68-80H2,1-4H3,(H,93,94)(H,95,96)/b13-9-,14-10-,15-11-,25-21-,26-22-,27-23-,28-24-,37-33-,38-34-,42-40-,43-35-,44-36-,50-46-,52-48-,55-51-,67-63-. The van der Waals surface area contributed by atoms with E-state index in [2.05, 4.69) is 198 Å². The van der Waals surface area contributed by atoms with Gasteiger partial charge >= 0.3 is 39.5 Å². The molecule has 0 aromatic rings. The average Bonchev–Trinajstić information content (AvgIpc) is 0.902. The van der Waals surface area contributed by atoms with E-state index in [1.807, 2.05) is 18.2 Å². The second kappa shape index (κ2) is 77.1. The van der Waals surface area contributed by atoms with Crippen LogP contribution in [0.5, 0.6) is 0 Å². The van der Waals surface area contributed by atoms with Gasteiger partial charge in [0.2, 0.25) is 0 Å². The van der Waals surface area contributed by atoms with E-state index < -0.39 is 97.5 Å². The number of rotatable bonds is 72. The van der Waals surface area contributed by atoms with E-state index in [1.165, 1.54) is 19.3 Å². The predicted molar refractivity (Wildman–Crippen MR) is 436 cm³/mol. The molecular formula is C87H138O17P2. The Kier molecular flexibility index (Phi) is 72.6. The van der Waals surface area contributed by atoms with Crippen LogP contribution in [0.25, 0.3) is 0 Å². The topological polar surface area (TPSA) is 237 Å². The van der Waals surface area contributed by atoms with E-state index >= 15 is 0 Å². The molecule has 5 unspecified atom stereocenters. The van der Waals surface area contributed by atoms with Crippen molar-refractivity contribution in [1.82, 2.24) is 0 Å². The molecule has 0 aliphatic rings. The fourth-order valence-electron chi connectivity index (χ4n) is 9.63. The lowest BCUT2D eigenvalue weighted by atomic mass is 10.1. The summed E-state index contributed by atoms with van der Waals surface area (Å²) >= 11 is 0. The van der Waals surface area contributed by atoms with Crippen LogP contribution in [-0.2, 0) is 65.4 Å². The molecule has 0 saturated heterocycles. The average molecular weight is 1520 g/mol. The van der Waals surface area contributed by atoms with Gasteiger partial charge in [-0.3, -0.25) is 37.3 Å². The molecule has 598 valence electrons. The third kappa shape index (κ3) is 76.1. The molecule has 0 aliphatic carbocycles. The smallest absolute Gasteiger partial charge is 0.462 e. The summed E-state index contributed by atoms with van der Waals surface area (Å²) in [6.45, 7) is 4.28. The van der Waals surface area contributed by atoms with E-state index in [1.54, 1.807) is 6.08 Å². The Morgan fingerprint density at radius 3 is 0.849 bits per heavy atom. The van der Waals surface area contributed by atoms with Gasteiger partial charge in [-0.15, -0.1) is 0 Å². The molecule has 0 rings (SSSR count). The summed E-state index contributed by atoms with van der Waals surface area (Å²) in [5.74, 6) is -2.42. The lowest BCUT2D eigenvalue weighted by Crippen LogP contribution is -2.30. The monoisotopic (exact) mass is 1520 g/mol. The molecule has 0 amide bonds. The van der Waals surface area contributed by atoms with Crippen LogP contribution in [0.15, 0.2) is 194 Å². The van der Waals surface area contributed by atoms with Gasteiger partial charge in [-0.1, -0.05) is 273 Å². The van der Waals surface area contributed by atoms with Crippen molar-refractivity contribution in [3.05, 3.63) is 194 Å². The highest BCUT2D eigenvalue weighted by Gasteiger charge is 2.30. The number of aliphatic hydroxyl groups excluding tert-OH is 1. The van der Waals surface area contributed by atoms with Crippen molar-refractivity contribution in [3.63, 3.8) is 0 Å². The highest BCUT2D eigenvalue weighted by atomic mass is 31.2. The number of carbonyl (C=O) groups is 4. The van der Waals surface area contributed by atoms with E-state index in [4.69, 9.17) is 37.0 Å². The van der Waals surface area contributed by atoms with Crippen molar-refractivity contribution in [3.8, 4) is 0 Å². The maximum Gasteiger partial charge on any atom is 0.472 e. The zero-order chi connectivity index (χ0) is 77.4. The molecule has 0 radical (unpaired) electrons. The highest BCUT2D eigenvalue weighted by molar-refractivity contribution is 7.47. The van der Waals surface area contributed by atoms with Crippen LogP contribution in [-0.4, -0.2) is 96.7 Å². The number of carbonyl (C=O) groups excluding carboxylic acids is 4. The van der Waals surface area contributed by atoms with Crippen molar-refractivity contribution < 1.29 is 80.2 Å². The first-order chi connectivity index (χ1) is 51.7. The van der Waals surface area contributed by atoms with Gasteiger partial charge in [0, 0.05) is 19.3 Å². The molecule has 3 N–H and O–H groups in total. The van der Waals surface area contributed by atoms with Gasteiger partial charge in [-0.2, -0.15) is 0 Å². The van der Waals surface area contributed by atoms with Gasteiger partial charge in [0.05, 0.1) is 32.8 Å². The predicted octanol–water partition coefficient (Wildman–Crippen LogP) is 23.3. The normalized spacial score (nSPS) is 14.9. The van der Waals surface area contributed by atoms with Crippen LogP contribution >= 0.6 is 15.6 Å². The van der Waals surface area contributed by atoms with Crippen LogP contribution in [0.4, 0.5) is 0 Å². The Balaban J connectivity index is 5.52. The Hall–Kier alpha value is -6.10. The second-order valence-electron chi connectivity index (χ2n) is 25.5. The fourth-order valence-corrected chi connectivity index (χ4v) is 11.2. The zero-order valence-electron chi connectivity index (χ0n) is 65.3. The number of aliphatic hydroxyl groups is 1. The van der Waals surface area contributed by atoms with Gasteiger partial charge in [-0.05, 0) is 167 Å². The summed E-state index contributed by atoms with van der Waals surface area (Å²) in [4.78, 5) is 73.0.